The molecule has 2 aromatic rings. The fraction of sp³-hybridized carbons (Fsp3) is 0.500. The van der Waals surface area contributed by atoms with Crippen molar-refractivity contribution in [1.82, 2.24) is 25.2 Å². The average Bonchev–Trinajstić information content (AvgIpc) is 3.36. The summed E-state index contributed by atoms with van der Waals surface area (Å²) in [5.74, 6) is -8.77. The molecular formula is C22H26F3N5O6. The normalized spacial score (nSPS) is 19.5. The van der Waals surface area contributed by atoms with Crippen molar-refractivity contribution in [2.24, 2.45) is 5.92 Å². The number of alkyl halides is 3. The van der Waals surface area contributed by atoms with E-state index >= 15 is 0 Å². The number of amides is 2. The number of likely N-dealkylation sites (tertiary alicyclic amines) is 1. The Kier molecular flexibility index (Phi) is 7.99. The Labute approximate surface area is 203 Å². The molecule has 0 aliphatic carbocycles. The number of halogens is 3. The molecule has 1 unspecified atom stereocenters. The van der Waals surface area contributed by atoms with Crippen molar-refractivity contribution in [2.45, 2.75) is 50.7 Å². The first kappa shape index (κ1) is 27.1. The Hall–Kier alpha value is -3.52. The van der Waals surface area contributed by atoms with E-state index in [9.17, 15) is 37.8 Å². The Morgan fingerprint density at radius 2 is 1.81 bits per heavy atom. The Bertz CT molecular complexity index is 1090. The lowest BCUT2D eigenvalue weighted by Gasteiger charge is -2.38. The highest BCUT2D eigenvalue weighted by Crippen LogP contribution is 2.32. The number of piperidine rings is 1. The van der Waals surface area contributed by atoms with Crippen LogP contribution in [0, 0.1) is 5.92 Å². The predicted molar refractivity (Wildman–Crippen MR) is 116 cm³/mol. The van der Waals surface area contributed by atoms with Crippen LogP contribution in [0.15, 0.2) is 36.7 Å². The number of carbonyl (C=O) groups excluding carboxylic acids is 3. The zero-order valence-corrected chi connectivity index (χ0v) is 19.5. The van der Waals surface area contributed by atoms with Gasteiger partial charge in [0, 0.05) is 12.6 Å². The summed E-state index contributed by atoms with van der Waals surface area (Å²) in [6.45, 7) is 2.53. The predicted octanol–water partition coefficient (Wildman–Crippen LogP) is 0.799. The van der Waals surface area contributed by atoms with Crippen molar-refractivity contribution in [3.63, 3.8) is 0 Å². The lowest BCUT2D eigenvalue weighted by Crippen LogP contribution is -2.65. The van der Waals surface area contributed by atoms with Crippen LogP contribution in [0.2, 0.25) is 0 Å². The van der Waals surface area contributed by atoms with Gasteiger partial charge < -0.3 is 25.2 Å². The summed E-state index contributed by atoms with van der Waals surface area (Å²) in [7, 11) is 0. The summed E-state index contributed by atoms with van der Waals surface area (Å²) in [6, 6.07) is 3.39. The van der Waals surface area contributed by atoms with Crippen LogP contribution in [0.1, 0.15) is 37.0 Å². The maximum Gasteiger partial charge on any atom is 0.445 e. The molecule has 1 fully saturated rings. The van der Waals surface area contributed by atoms with Crippen LogP contribution >= 0.6 is 0 Å². The molecule has 0 saturated carbocycles. The van der Waals surface area contributed by atoms with Crippen LogP contribution in [0.4, 0.5) is 13.2 Å². The molecule has 0 spiro atoms. The Morgan fingerprint density at radius 3 is 2.42 bits per heavy atom. The van der Waals surface area contributed by atoms with E-state index in [1.165, 1.54) is 29.0 Å². The lowest BCUT2D eigenvalue weighted by molar-refractivity contribution is -0.356. The fourth-order valence-electron chi connectivity index (χ4n) is 3.90. The first-order valence-electron chi connectivity index (χ1n) is 11.1. The highest BCUT2D eigenvalue weighted by Gasteiger charge is 2.62. The molecule has 1 saturated heterocycles. The van der Waals surface area contributed by atoms with Crippen molar-refractivity contribution in [3.8, 4) is 5.69 Å². The molecule has 2 amide bonds. The molecule has 0 bridgehead atoms. The van der Waals surface area contributed by atoms with Gasteiger partial charge in [-0.2, -0.15) is 28.2 Å². The molecule has 14 heteroatoms. The van der Waals surface area contributed by atoms with Gasteiger partial charge >= 0.3 is 12.1 Å². The first-order chi connectivity index (χ1) is 16.9. The zero-order valence-electron chi connectivity index (χ0n) is 19.5. The third-order valence-corrected chi connectivity index (χ3v) is 5.91. The van der Waals surface area contributed by atoms with Gasteiger partial charge in [0.25, 0.3) is 11.7 Å². The minimum atomic E-state index is -5.66. The molecule has 3 rings (SSSR count). The van der Waals surface area contributed by atoms with E-state index in [0.717, 1.165) is 0 Å². The van der Waals surface area contributed by atoms with E-state index in [1.807, 2.05) is 0 Å². The molecule has 196 valence electrons. The largest absolute Gasteiger partial charge is 0.464 e. The summed E-state index contributed by atoms with van der Waals surface area (Å²) < 4.78 is 44.1. The van der Waals surface area contributed by atoms with Gasteiger partial charge in [-0.15, -0.1) is 0 Å². The smallest absolute Gasteiger partial charge is 0.445 e. The van der Waals surface area contributed by atoms with Crippen molar-refractivity contribution in [3.05, 3.63) is 42.2 Å². The van der Waals surface area contributed by atoms with Crippen molar-refractivity contribution in [2.75, 3.05) is 13.2 Å². The van der Waals surface area contributed by atoms with Crippen molar-refractivity contribution in [1.29, 1.82) is 0 Å². The number of esters is 1. The minimum absolute atomic E-state index is 0.182. The van der Waals surface area contributed by atoms with E-state index < -0.39 is 41.7 Å². The fourth-order valence-corrected chi connectivity index (χ4v) is 3.90. The number of benzene rings is 1. The highest BCUT2D eigenvalue weighted by molar-refractivity contribution is 5.98. The topological polar surface area (TPSA) is 147 Å². The molecule has 1 aromatic carbocycles. The van der Waals surface area contributed by atoms with Crippen LogP contribution in [-0.4, -0.2) is 85.1 Å². The monoisotopic (exact) mass is 513 g/mol. The SMILES string of the molecule is CCOC(=O)C(NC(=O)[C@@H]1CC[C@@H](C)N(C(=O)c2ccccc2-n2nccn2)C1)C(O)(O)C(F)(F)F. The van der Waals surface area contributed by atoms with Crippen molar-refractivity contribution >= 4 is 17.8 Å². The number of hydrogen-bond donors (Lipinski definition) is 3. The molecule has 1 aromatic heterocycles. The molecule has 0 radical (unpaired) electrons. The van der Waals surface area contributed by atoms with E-state index in [-0.39, 0.29) is 31.2 Å². The zero-order chi connectivity index (χ0) is 26.7. The third kappa shape index (κ3) is 5.49. The number of carbonyl (C=O) groups is 3. The number of rotatable bonds is 7. The number of aliphatic hydroxyl groups is 2. The minimum Gasteiger partial charge on any atom is -0.464 e. The summed E-state index contributed by atoms with van der Waals surface area (Å²) >= 11 is 0. The van der Waals surface area contributed by atoms with Crippen LogP contribution in [0.5, 0.6) is 0 Å². The van der Waals surface area contributed by atoms with E-state index in [1.54, 1.807) is 36.5 Å². The van der Waals surface area contributed by atoms with Gasteiger partial charge in [0.2, 0.25) is 5.91 Å². The maximum absolute atomic E-state index is 13.4. The number of ether oxygens (including phenoxy) is 1. The number of para-hydroxylation sites is 1. The Morgan fingerprint density at radius 1 is 1.17 bits per heavy atom. The summed E-state index contributed by atoms with van der Waals surface area (Å²) in [5, 5.41) is 29.1. The second-order valence-electron chi connectivity index (χ2n) is 8.33. The molecule has 3 N–H and O–H groups in total. The molecule has 1 aliphatic heterocycles. The number of aromatic nitrogens is 3. The second kappa shape index (κ2) is 10.6. The van der Waals surface area contributed by atoms with E-state index in [0.29, 0.717) is 12.1 Å². The first-order valence-corrected chi connectivity index (χ1v) is 11.1. The third-order valence-electron chi connectivity index (χ3n) is 5.91. The quantitative estimate of drug-likeness (QED) is 0.364. The van der Waals surface area contributed by atoms with Gasteiger partial charge in [0.15, 0.2) is 6.04 Å². The van der Waals surface area contributed by atoms with Gasteiger partial charge in [-0.25, -0.2) is 4.79 Å². The summed E-state index contributed by atoms with van der Waals surface area (Å²) in [5.41, 5.74) is 0.636. The molecule has 1 aliphatic rings. The summed E-state index contributed by atoms with van der Waals surface area (Å²) in [4.78, 5) is 41.0. The van der Waals surface area contributed by atoms with Gasteiger partial charge in [-0.1, -0.05) is 12.1 Å². The van der Waals surface area contributed by atoms with E-state index in [4.69, 9.17) is 0 Å². The molecule has 3 atom stereocenters. The molecule has 36 heavy (non-hydrogen) atoms. The number of nitrogens with one attached hydrogen (secondary N) is 1. The maximum atomic E-state index is 13.4. The van der Waals surface area contributed by atoms with Crippen LogP contribution in [0.25, 0.3) is 5.69 Å². The van der Waals surface area contributed by atoms with Gasteiger partial charge in [0.1, 0.15) is 0 Å². The molecule has 2 heterocycles. The van der Waals surface area contributed by atoms with E-state index in [2.05, 4.69) is 14.9 Å². The average molecular weight is 513 g/mol. The van der Waals surface area contributed by atoms with Crippen molar-refractivity contribution < 1.29 is 42.5 Å². The second-order valence-corrected chi connectivity index (χ2v) is 8.33. The highest BCUT2D eigenvalue weighted by atomic mass is 19.4. The lowest BCUT2D eigenvalue weighted by atomic mass is 9.91. The van der Waals surface area contributed by atoms with Gasteiger partial charge in [0.05, 0.1) is 36.2 Å². The number of nitrogens with zero attached hydrogens (tertiary/aromatic N) is 4. The Balaban J connectivity index is 1.82. The van der Waals surface area contributed by atoms with Gasteiger partial charge in [-0.3, -0.25) is 9.59 Å². The van der Waals surface area contributed by atoms with Crippen LogP contribution in [0.3, 0.4) is 0 Å². The van der Waals surface area contributed by atoms with Gasteiger partial charge in [-0.05, 0) is 38.8 Å². The number of hydrogen-bond acceptors (Lipinski definition) is 8. The standard InChI is InChI=1S/C22H26F3N5O6/c1-3-36-20(33)17(21(34,35)22(23,24)25)28-18(31)14-9-8-13(2)29(12-14)19(32)15-6-4-5-7-16(15)30-26-10-11-27-30/h4-7,10-11,13-14,17,34-35H,3,8-9,12H2,1-2H3,(H,28,31)/t13-,14-,17?/m1/s1. The molecular weight excluding hydrogens is 487 g/mol. The van der Waals surface area contributed by atoms with Crippen LogP contribution < -0.4 is 5.32 Å². The summed E-state index contributed by atoms with van der Waals surface area (Å²) in [6.07, 6.45) is -2.27. The molecule has 11 nitrogen and oxygen atoms in total. The van der Waals surface area contributed by atoms with Crippen LogP contribution in [-0.2, 0) is 14.3 Å².